The Bertz CT molecular complexity index is 1010. The summed E-state index contributed by atoms with van der Waals surface area (Å²) in [5, 5.41) is 1.11. The monoisotopic (exact) mass is 627 g/mol. The van der Waals surface area contributed by atoms with Crippen LogP contribution >= 0.6 is 56.9 Å². The van der Waals surface area contributed by atoms with E-state index in [1.807, 2.05) is 0 Å². The van der Waals surface area contributed by atoms with Crippen LogP contribution in [0.15, 0.2) is 42.7 Å². The van der Waals surface area contributed by atoms with Crippen LogP contribution in [0.25, 0.3) is 10.9 Å². The highest BCUT2D eigenvalue weighted by Crippen LogP contribution is 2.38. The van der Waals surface area contributed by atoms with Gasteiger partial charge in [-0.1, -0.05) is 12.1 Å². The summed E-state index contributed by atoms with van der Waals surface area (Å²) in [4.78, 5) is 11.1. The molecule has 2 heterocycles. The maximum atomic E-state index is 12.8. The Morgan fingerprint density at radius 3 is 2.46 bits per heavy atom. The Kier molecular flexibility index (Phi) is 5.94. The first kappa shape index (κ1) is 20.5. The average molecular weight is 627 g/mol. The van der Waals surface area contributed by atoms with Crippen molar-refractivity contribution in [3.8, 4) is 0 Å². The number of fused-ring (bicyclic) bond motifs is 1. The SMILES string of the molecule is FC(F)(F)c1ccc(C2CN(c3ncnc4cc(I)c(I)cc34)CCS2)cc1. The maximum Gasteiger partial charge on any atom is 0.416 e. The lowest BCUT2D eigenvalue weighted by Gasteiger charge is -2.34. The van der Waals surface area contributed by atoms with Gasteiger partial charge in [-0.2, -0.15) is 24.9 Å². The molecule has 0 spiro atoms. The fraction of sp³-hybridized carbons (Fsp3) is 0.263. The third-order valence-corrected chi connectivity index (χ3v) is 8.69. The normalized spacial score (nSPS) is 17.9. The van der Waals surface area contributed by atoms with Crippen LogP contribution in [0.2, 0.25) is 0 Å². The van der Waals surface area contributed by atoms with Crippen LogP contribution < -0.4 is 4.90 Å². The fourth-order valence-electron chi connectivity index (χ4n) is 3.22. The molecule has 3 nitrogen and oxygen atoms in total. The molecule has 1 aromatic heterocycles. The van der Waals surface area contributed by atoms with Crippen molar-refractivity contribution < 1.29 is 13.2 Å². The summed E-state index contributed by atoms with van der Waals surface area (Å²) in [6.45, 7) is 1.54. The molecule has 0 bridgehead atoms. The zero-order valence-corrected chi connectivity index (χ0v) is 19.5. The minimum absolute atomic E-state index is 0.101. The molecule has 0 saturated carbocycles. The van der Waals surface area contributed by atoms with Crippen molar-refractivity contribution in [1.82, 2.24) is 9.97 Å². The summed E-state index contributed by atoms with van der Waals surface area (Å²) in [5.41, 5.74) is 1.20. The highest BCUT2D eigenvalue weighted by Gasteiger charge is 2.31. The molecular weight excluding hydrogens is 613 g/mol. The Morgan fingerprint density at radius 1 is 1.04 bits per heavy atom. The molecule has 4 rings (SSSR count). The molecule has 1 aliphatic heterocycles. The molecule has 1 atom stereocenters. The van der Waals surface area contributed by atoms with Crippen LogP contribution in [-0.4, -0.2) is 28.8 Å². The van der Waals surface area contributed by atoms with Crippen LogP contribution in [0, 0.1) is 7.14 Å². The van der Waals surface area contributed by atoms with E-state index in [0.717, 1.165) is 41.7 Å². The van der Waals surface area contributed by atoms with Gasteiger partial charge < -0.3 is 4.90 Å². The second-order valence-electron chi connectivity index (χ2n) is 6.41. The van der Waals surface area contributed by atoms with Gasteiger partial charge in [0.05, 0.1) is 11.1 Å². The number of hydrogen-bond acceptors (Lipinski definition) is 4. The molecule has 0 N–H and O–H groups in total. The van der Waals surface area contributed by atoms with Gasteiger partial charge in [-0.05, 0) is 75.0 Å². The van der Waals surface area contributed by atoms with E-state index in [0.29, 0.717) is 6.54 Å². The molecule has 2 aromatic carbocycles. The first-order chi connectivity index (χ1) is 13.3. The Hall–Kier alpha value is -0.820. The third kappa shape index (κ3) is 4.20. The van der Waals surface area contributed by atoms with Gasteiger partial charge in [0.2, 0.25) is 0 Å². The number of nitrogens with zero attached hydrogens (tertiary/aromatic N) is 3. The molecule has 146 valence electrons. The standard InChI is InChI=1S/C19H14F3I2N3S/c20-19(21,22)12-3-1-11(2-4-12)17-9-27(5-6-28-17)18-13-7-14(23)15(24)8-16(13)25-10-26-18/h1-4,7-8,10,17H,5-6,9H2. The molecule has 28 heavy (non-hydrogen) atoms. The molecule has 9 heteroatoms. The third-order valence-electron chi connectivity index (χ3n) is 4.63. The van der Waals surface area contributed by atoms with Gasteiger partial charge in [-0.15, -0.1) is 0 Å². The molecule has 0 amide bonds. The summed E-state index contributed by atoms with van der Waals surface area (Å²) < 4.78 is 40.8. The smallest absolute Gasteiger partial charge is 0.354 e. The zero-order valence-electron chi connectivity index (χ0n) is 14.4. The lowest BCUT2D eigenvalue weighted by Crippen LogP contribution is -2.35. The average Bonchev–Trinajstić information content (AvgIpc) is 2.68. The summed E-state index contributed by atoms with van der Waals surface area (Å²) in [5.74, 6) is 1.77. The van der Waals surface area contributed by atoms with E-state index in [1.165, 1.54) is 12.1 Å². The van der Waals surface area contributed by atoms with E-state index in [4.69, 9.17) is 0 Å². The molecule has 1 unspecified atom stereocenters. The van der Waals surface area contributed by atoms with Crippen molar-refractivity contribution in [2.45, 2.75) is 11.4 Å². The number of hydrogen-bond donors (Lipinski definition) is 0. The van der Waals surface area contributed by atoms with Gasteiger partial charge in [0, 0.05) is 36.6 Å². The largest absolute Gasteiger partial charge is 0.416 e. The molecule has 1 saturated heterocycles. The number of anilines is 1. The van der Waals surface area contributed by atoms with E-state index in [1.54, 1.807) is 30.2 Å². The summed E-state index contributed by atoms with van der Waals surface area (Å²) in [6.07, 6.45) is -2.73. The molecule has 1 aliphatic rings. The number of benzene rings is 2. The molecule has 1 fully saturated rings. The minimum atomic E-state index is -4.31. The molecule has 3 aromatic rings. The minimum Gasteiger partial charge on any atom is -0.354 e. The van der Waals surface area contributed by atoms with Gasteiger partial charge in [0.25, 0.3) is 0 Å². The Labute approximate surface area is 191 Å². The van der Waals surface area contributed by atoms with Crippen molar-refractivity contribution in [3.63, 3.8) is 0 Å². The topological polar surface area (TPSA) is 29.0 Å². The Morgan fingerprint density at radius 2 is 1.75 bits per heavy atom. The van der Waals surface area contributed by atoms with Crippen molar-refractivity contribution in [2.24, 2.45) is 0 Å². The number of rotatable bonds is 2. The van der Waals surface area contributed by atoms with Gasteiger partial charge in [0.1, 0.15) is 12.1 Å². The highest BCUT2D eigenvalue weighted by atomic mass is 127. The second-order valence-corrected chi connectivity index (χ2v) is 10.0. The van der Waals surface area contributed by atoms with Crippen molar-refractivity contribution in [2.75, 3.05) is 23.7 Å². The Balaban J connectivity index is 1.63. The van der Waals surface area contributed by atoms with Crippen LogP contribution in [-0.2, 0) is 6.18 Å². The van der Waals surface area contributed by atoms with E-state index in [2.05, 4.69) is 72.2 Å². The van der Waals surface area contributed by atoms with Crippen LogP contribution in [0.5, 0.6) is 0 Å². The highest BCUT2D eigenvalue weighted by molar-refractivity contribution is 14.1. The maximum absolute atomic E-state index is 12.8. The predicted molar refractivity (Wildman–Crippen MR) is 124 cm³/mol. The fourth-order valence-corrected chi connectivity index (χ4v) is 5.38. The van der Waals surface area contributed by atoms with Crippen molar-refractivity contribution in [1.29, 1.82) is 0 Å². The lowest BCUT2D eigenvalue weighted by molar-refractivity contribution is -0.137. The van der Waals surface area contributed by atoms with Gasteiger partial charge in [-0.25, -0.2) is 9.97 Å². The number of alkyl halides is 3. The lowest BCUT2D eigenvalue weighted by atomic mass is 10.1. The van der Waals surface area contributed by atoms with Gasteiger partial charge >= 0.3 is 6.18 Å². The van der Waals surface area contributed by atoms with Crippen LogP contribution in [0.3, 0.4) is 0 Å². The first-order valence-corrected chi connectivity index (χ1v) is 11.7. The zero-order chi connectivity index (χ0) is 19.9. The molecule has 0 radical (unpaired) electrons. The van der Waals surface area contributed by atoms with Gasteiger partial charge in [0.15, 0.2) is 0 Å². The quantitative estimate of drug-likeness (QED) is 0.319. The summed E-state index contributed by atoms with van der Waals surface area (Å²) >= 11 is 6.37. The van der Waals surface area contributed by atoms with Crippen LogP contribution in [0.1, 0.15) is 16.4 Å². The summed E-state index contributed by atoms with van der Waals surface area (Å²) in [6, 6.07) is 9.66. The molecular formula is C19H14F3I2N3S. The van der Waals surface area contributed by atoms with Crippen molar-refractivity contribution >= 4 is 73.7 Å². The van der Waals surface area contributed by atoms with E-state index >= 15 is 0 Å². The predicted octanol–water partition coefficient (Wildman–Crippen LogP) is 6.15. The second kappa shape index (κ2) is 8.13. The van der Waals surface area contributed by atoms with Crippen molar-refractivity contribution in [3.05, 3.63) is 61.0 Å². The van der Waals surface area contributed by atoms with E-state index in [-0.39, 0.29) is 5.25 Å². The van der Waals surface area contributed by atoms with Gasteiger partial charge in [-0.3, -0.25) is 0 Å². The van der Waals surface area contributed by atoms with E-state index < -0.39 is 11.7 Å². The number of aromatic nitrogens is 2. The summed E-state index contributed by atoms with van der Waals surface area (Å²) in [7, 11) is 0. The van der Waals surface area contributed by atoms with Crippen LogP contribution in [0.4, 0.5) is 19.0 Å². The first-order valence-electron chi connectivity index (χ1n) is 8.46. The number of thioether (sulfide) groups is 1. The number of halogens is 5. The molecule has 0 aliphatic carbocycles. The van der Waals surface area contributed by atoms with E-state index in [9.17, 15) is 13.2 Å².